The van der Waals surface area contributed by atoms with Crippen LogP contribution in [-0.2, 0) is 39.9 Å². The van der Waals surface area contributed by atoms with Crippen molar-refractivity contribution < 1.29 is 38.1 Å². The number of carbonyl (C=O) groups excluding carboxylic acids is 3. The Kier molecular flexibility index (Phi) is 8.01. The average molecular weight is 559 g/mol. The normalized spacial score (nSPS) is 22.6. The third kappa shape index (κ3) is 6.38. The summed E-state index contributed by atoms with van der Waals surface area (Å²) in [6, 6.07) is 7.51. The number of halogens is 1. The van der Waals surface area contributed by atoms with Gasteiger partial charge in [0.1, 0.15) is 18.1 Å². The van der Waals surface area contributed by atoms with Crippen molar-refractivity contribution >= 4 is 40.5 Å². The summed E-state index contributed by atoms with van der Waals surface area (Å²) in [6.45, 7) is 3.67. The van der Waals surface area contributed by atoms with Gasteiger partial charge in [-0.15, -0.1) is 5.10 Å². The lowest BCUT2D eigenvalue weighted by atomic mass is 10.0. The number of benzene rings is 1. The topological polar surface area (TPSA) is 128 Å². The molecule has 1 fully saturated rings. The molecule has 32 heavy (non-hydrogen) atoms. The van der Waals surface area contributed by atoms with Crippen LogP contribution in [0.15, 0.2) is 30.5 Å². The number of esters is 3. The molecule has 4 unspecified atom stereocenters. The highest BCUT2D eigenvalue weighted by atomic mass is 127. The Morgan fingerprint density at radius 3 is 2.28 bits per heavy atom. The van der Waals surface area contributed by atoms with Crippen molar-refractivity contribution in [1.82, 2.24) is 15.0 Å². The summed E-state index contributed by atoms with van der Waals surface area (Å²) in [6.07, 6.45) is -2.56. The van der Waals surface area contributed by atoms with Gasteiger partial charge in [-0.3, -0.25) is 14.4 Å². The highest BCUT2D eigenvalue weighted by molar-refractivity contribution is 14.1. The number of hydrogen-bond donors (Lipinski definition) is 0. The van der Waals surface area contributed by atoms with Crippen molar-refractivity contribution in [2.75, 3.05) is 6.61 Å². The molecule has 2 aromatic rings. The molecule has 3 rings (SSSR count). The van der Waals surface area contributed by atoms with Crippen LogP contribution in [0.5, 0.6) is 5.75 Å². The molecule has 172 valence electrons. The molecule has 0 saturated carbocycles. The van der Waals surface area contributed by atoms with Crippen molar-refractivity contribution in [3.05, 3.63) is 39.7 Å². The Morgan fingerprint density at radius 1 is 1.03 bits per heavy atom. The van der Waals surface area contributed by atoms with Crippen molar-refractivity contribution in [1.29, 1.82) is 0 Å². The van der Waals surface area contributed by atoms with Gasteiger partial charge in [-0.2, -0.15) is 0 Å². The molecule has 12 heteroatoms. The largest absolute Gasteiger partial charge is 0.487 e. The highest BCUT2D eigenvalue weighted by Gasteiger charge is 2.48. The zero-order chi connectivity index (χ0) is 23.3. The van der Waals surface area contributed by atoms with Crippen LogP contribution in [0.1, 0.15) is 32.7 Å². The van der Waals surface area contributed by atoms with E-state index < -0.39 is 42.4 Å². The van der Waals surface area contributed by atoms with Gasteiger partial charge in [-0.1, -0.05) is 5.21 Å². The molecule has 11 nitrogen and oxygen atoms in total. The average Bonchev–Trinajstić information content (AvgIpc) is 3.18. The van der Waals surface area contributed by atoms with E-state index in [1.165, 1.54) is 25.5 Å². The minimum Gasteiger partial charge on any atom is -0.487 e. The van der Waals surface area contributed by atoms with Crippen molar-refractivity contribution in [2.45, 2.75) is 51.9 Å². The van der Waals surface area contributed by atoms with Crippen LogP contribution in [0.4, 0.5) is 0 Å². The zero-order valence-electron chi connectivity index (χ0n) is 17.6. The first-order chi connectivity index (χ1) is 15.2. The predicted molar refractivity (Wildman–Crippen MR) is 115 cm³/mol. The van der Waals surface area contributed by atoms with E-state index in [0.29, 0.717) is 11.4 Å². The molecule has 1 aliphatic heterocycles. The summed E-state index contributed by atoms with van der Waals surface area (Å²) < 4.78 is 29.8. The molecular weight excluding hydrogens is 537 g/mol. The first-order valence-electron chi connectivity index (χ1n) is 9.65. The molecule has 1 saturated heterocycles. The van der Waals surface area contributed by atoms with Crippen molar-refractivity contribution in [3.63, 3.8) is 0 Å². The van der Waals surface area contributed by atoms with Gasteiger partial charge in [0, 0.05) is 24.3 Å². The zero-order valence-corrected chi connectivity index (χ0v) is 19.8. The smallest absolute Gasteiger partial charge is 0.303 e. The molecule has 0 radical (unpaired) electrons. The lowest BCUT2D eigenvalue weighted by Crippen LogP contribution is -2.55. The van der Waals surface area contributed by atoms with Crippen LogP contribution in [0.2, 0.25) is 0 Å². The number of ether oxygens (including phenoxy) is 5. The van der Waals surface area contributed by atoms with Crippen LogP contribution >= 0.6 is 22.6 Å². The Labute approximate surface area is 197 Å². The Morgan fingerprint density at radius 2 is 1.66 bits per heavy atom. The van der Waals surface area contributed by atoms with Gasteiger partial charge in [0.05, 0.1) is 12.8 Å². The van der Waals surface area contributed by atoms with Crippen LogP contribution in [0, 0.1) is 3.57 Å². The van der Waals surface area contributed by atoms with E-state index in [1.54, 1.807) is 6.20 Å². The maximum absolute atomic E-state index is 11.7. The fraction of sp³-hybridized carbons (Fsp3) is 0.450. The molecule has 1 aliphatic rings. The maximum Gasteiger partial charge on any atom is 0.303 e. The Bertz CT molecular complexity index is 964. The monoisotopic (exact) mass is 559 g/mol. The summed E-state index contributed by atoms with van der Waals surface area (Å²) in [5, 5.41) is 8.11. The quantitative estimate of drug-likeness (QED) is 0.281. The maximum atomic E-state index is 11.7. The lowest BCUT2D eigenvalue weighted by Gasteiger charge is -2.40. The molecule has 2 heterocycles. The molecule has 1 aromatic carbocycles. The van der Waals surface area contributed by atoms with Crippen LogP contribution in [-0.4, -0.2) is 57.8 Å². The van der Waals surface area contributed by atoms with E-state index in [4.69, 9.17) is 23.7 Å². The van der Waals surface area contributed by atoms with Crippen molar-refractivity contribution in [2.24, 2.45) is 0 Å². The number of aromatic nitrogens is 3. The Balaban J connectivity index is 1.78. The second-order valence-corrected chi connectivity index (χ2v) is 8.20. The number of nitrogens with zero attached hydrogens (tertiary/aromatic N) is 3. The van der Waals surface area contributed by atoms with E-state index in [0.717, 1.165) is 3.57 Å². The second kappa shape index (κ2) is 10.7. The van der Waals surface area contributed by atoms with Gasteiger partial charge in [0.2, 0.25) is 0 Å². The molecule has 0 N–H and O–H groups in total. The molecular formula is C20H22IN3O8. The minimum absolute atomic E-state index is 0.103. The van der Waals surface area contributed by atoms with E-state index in [9.17, 15) is 14.4 Å². The van der Waals surface area contributed by atoms with E-state index in [2.05, 4.69) is 32.9 Å². The third-order valence-electron chi connectivity index (χ3n) is 4.34. The van der Waals surface area contributed by atoms with Crippen LogP contribution < -0.4 is 4.74 Å². The minimum atomic E-state index is -1.12. The fourth-order valence-corrected chi connectivity index (χ4v) is 3.50. The second-order valence-electron chi connectivity index (χ2n) is 6.95. The molecule has 0 spiro atoms. The lowest BCUT2D eigenvalue weighted by molar-refractivity contribution is -0.241. The van der Waals surface area contributed by atoms with Gasteiger partial charge in [-0.25, -0.2) is 4.68 Å². The van der Waals surface area contributed by atoms with E-state index in [-0.39, 0.29) is 13.2 Å². The fourth-order valence-electron chi connectivity index (χ4n) is 3.14. The molecule has 1 aromatic heterocycles. The summed E-state index contributed by atoms with van der Waals surface area (Å²) in [4.78, 5) is 34.9. The van der Waals surface area contributed by atoms with Gasteiger partial charge < -0.3 is 23.7 Å². The third-order valence-corrected chi connectivity index (χ3v) is 5.06. The summed E-state index contributed by atoms with van der Waals surface area (Å²) in [5.74, 6) is -1.18. The summed E-state index contributed by atoms with van der Waals surface area (Å²) in [5.41, 5.74) is 0.500. The molecule has 0 amide bonds. The Hall–Kier alpha value is -2.74. The van der Waals surface area contributed by atoms with Gasteiger partial charge in [-0.05, 0) is 46.9 Å². The van der Waals surface area contributed by atoms with Gasteiger partial charge >= 0.3 is 17.9 Å². The highest BCUT2D eigenvalue weighted by Crippen LogP contribution is 2.30. The number of hydrogen-bond acceptors (Lipinski definition) is 10. The van der Waals surface area contributed by atoms with E-state index >= 15 is 0 Å². The predicted octanol–water partition coefficient (Wildman–Crippen LogP) is 1.79. The SMILES string of the molecule is CC(=O)OC1COC(n2cc(COc3ccc(I)cc3)nn2)C(OC(C)=O)C1OC(C)=O. The van der Waals surface area contributed by atoms with Crippen LogP contribution in [0.25, 0.3) is 0 Å². The summed E-state index contributed by atoms with van der Waals surface area (Å²) >= 11 is 2.20. The first-order valence-corrected chi connectivity index (χ1v) is 10.7. The van der Waals surface area contributed by atoms with Gasteiger partial charge in [0.25, 0.3) is 0 Å². The first kappa shape index (κ1) is 23.9. The molecule has 4 atom stereocenters. The van der Waals surface area contributed by atoms with Crippen LogP contribution in [0.3, 0.4) is 0 Å². The van der Waals surface area contributed by atoms with Gasteiger partial charge in [0.15, 0.2) is 24.5 Å². The number of carbonyl (C=O) groups is 3. The molecule has 0 bridgehead atoms. The molecule has 0 aliphatic carbocycles. The van der Waals surface area contributed by atoms with Crippen molar-refractivity contribution in [3.8, 4) is 5.75 Å². The van der Waals surface area contributed by atoms with E-state index in [1.807, 2.05) is 24.3 Å². The standard InChI is InChI=1S/C20H22IN3O8/c1-11(25)30-17-10-29-20(19(32-13(3)27)18(17)31-12(2)26)24-8-15(22-23-24)9-28-16-6-4-14(21)5-7-16/h4-8,17-20H,9-10H2,1-3H3. The summed E-state index contributed by atoms with van der Waals surface area (Å²) in [7, 11) is 0. The number of rotatable bonds is 7.